The fourth-order valence-corrected chi connectivity index (χ4v) is 2.84. The van der Waals surface area contributed by atoms with Crippen LogP contribution in [0.25, 0.3) is 0 Å². The van der Waals surface area contributed by atoms with Gasteiger partial charge in [0.1, 0.15) is 0 Å². The van der Waals surface area contributed by atoms with Crippen LogP contribution >= 0.6 is 0 Å². The Kier molecular flexibility index (Phi) is 3.31. The molecule has 0 spiro atoms. The third-order valence-corrected chi connectivity index (χ3v) is 4.06. The van der Waals surface area contributed by atoms with Crippen LogP contribution in [-0.4, -0.2) is 13.4 Å². The predicted octanol–water partition coefficient (Wildman–Crippen LogP) is 1.80. The van der Waals surface area contributed by atoms with Crippen LogP contribution in [0.3, 0.4) is 0 Å². The largest absolute Gasteiger partial charge is 0.364 e. The Bertz CT molecular complexity index is 589. The van der Waals surface area contributed by atoms with E-state index in [4.69, 9.17) is 0 Å². The number of H-pyrrole nitrogens is 1. The highest BCUT2D eigenvalue weighted by Crippen LogP contribution is 2.14. The first-order valence-electron chi connectivity index (χ1n) is 5.27. The Morgan fingerprint density at radius 1 is 1.18 bits per heavy atom. The first kappa shape index (κ1) is 11.9. The molecular formula is C12H14N2O2S. The van der Waals surface area contributed by atoms with Crippen molar-refractivity contribution in [3.8, 4) is 0 Å². The molecule has 0 unspecified atom stereocenters. The maximum atomic E-state index is 12.0. The van der Waals surface area contributed by atoms with Gasteiger partial charge in [-0.1, -0.05) is 18.2 Å². The van der Waals surface area contributed by atoms with Crippen molar-refractivity contribution in [1.29, 1.82) is 0 Å². The normalized spacial score (nSPS) is 11.6. The molecule has 0 saturated heterocycles. The zero-order chi connectivity index (χ0) is 12.3. The van der Waals surface area contributed by atoms with Gasteiger partial charge in [0, 0.05) is 11.9 Å². The lowest BCUT2D eigenvalue weighted by atomic mass is 10.2. The molecule has 90 valence electrons. The molecule has 0 amide bonds. The summed E-state index contributed by atoms with van der Waals surface area (Å²) in [7, 11) is -3.44. The van der Waals surface area contributed by atoms with E-state index < -0.39 is 10.0 Å². The number of hydrogen-bond donors (Lipinski definition) is 2. The zero-order valence-electron chi connectivity index (χ0n) is 9.47. The molecule has 2 rings (SSSR count). The number of aromatic amines is 1. The van der Waals surface area contributed by atoms with Gasteiger partial charge in [0.25, 0.3) is 0 Å². The van der Waals surface area contributed by atoms with Gasteiger partial charge in [-0.3, -0.25) is 0 Å². The Hall–Kier alpha value is -1.59. The summed E-state index contributed by atoms with van der Waals surface area (Å²) in [6.45, 7) is 2.05. The van der Waals surface area contributed by atoms with Crippen molar-refractivity contribution >= 4 is 10.0 Å². The molecule has 0 fully saturated rings. The molecule has 2 N–H and O–H groups in total. The first-order valence-corrected chi connectivity index (χ1v) is 6.75. The molecular weight excluding hydrogens is 236 g/mol. The molecule has 0 aliphatic carbocycles. The highest BCUT2D eigenvalue weighted by molar-refractivity contribution is 7.89. The predicted molar refractivity (Wildman–Crippen MR) is 66.0 cm³/mol. The van der Waals surface area contributed by atoms with Crippen LogP contribution in [0.1, 0.15) is 11.3 Å². The minimum absolute atomic E-state index is 0.268. The molecule has 4 nitrogen and oxygen atoms in total. The van der Waals surface area contributed by atoms with Gasteiger partial charge in [0.05, 0.1) is 11.4 Å². The fourth-order valence-electron chi connectivity index (χ4n) is 1.59. The highest BCUT2D eigenvalue weighted by Gasteiger charge is 2.15. The Labute approximate surface area is 101 Å². The number of hydrogen-bond acceptors (Lipinski definition) is 2. The number of sulfonamides is 1. The summed E-state index contributed by atoms with van der Waals surface area (Å²) < 4.78 is 26.6. The second-order valence-corrected chi connectivity index (χ2v) is 5.52. The van der Waals surface area contributed by atoms with Crippen molar-refractivity contribution in [3.63, 3.8) is 0 Å². The Morgan fingerprint density at radius 2 is 1.94 bits per heavy atom. The third-order valence-electron chi connectivity index (χ3n) is 2.50. The summed E-state index contributed by atoms with van der Waals surface area (Å²) in [6, 6.07) is 10.6. The Balaban J connectivity index is 2.17. The maximum absolute atomic E-state index is 12.0. The molecule has 0 bridgehead atoms. The van der Waals surface area contributed by atoms with Crippen molar-refractivity contribution in [2.45, 2.75) is 18.4 Å². The molecule has 0 aliphatic heterocycles. The molecule has 5 heteroatoms. The molecule has 2 aromatic rings. The fraction of sp³-hybridized carbons (Fsp3) is 0.167. The van der Waals surface area contributed by atoms with Crippen molar-refractivity contribution in [1.82, 2.24) is 9.71 Å². The molecule has 0 aliphatic rings. The molecule has 1 heterocycles. The average molecular weight is 250 g/mol. The minimum atomic E-state index is -3.44. The summed E-state index contributed by atoms with van der Waals surface area (Å²) in [5.74, 6) is 0. The van der Waals surface area contributed by atoms with Crippen molar-refractivity contribution in [2.75, 3.05) is 0 Å². The number of rotatable bonds is 4. The van der Waals surface area contributed by atoms with E-state index in [1.54, 1.807) is 31.3 Å². The SMILES string of the molecule is Cc1ccccc1S(=O)(=O)NCc1ccc[nH]1. The number of nitrogens with one attached hydrogen (secondary N) is 2. The van der Waals surface area contributed by atoms with Crippen LogP contribution in [0.15, 0.2) is 47.5 Å². The molecule has 0 radical (unpaired) electrons. The van der Waals surface area contributed by atoms with Crippen LogP contribution in [0.4, 0.5) is 0 Å². The van der Waals surface area contributed by atoms with Crippen molar-refractivity contribution in [2.24, 2.45) is 0 Å². The van der Waals surface area contributed by atoms with Crippen LogP contribution < -0.4 is 4.72 Å². The highest BCUT2D eigenvalue weighted by atomic mass is 32.2. The average Bonchev–Trinajstić information content (AvgIpc) is 2.80. The number of benzene rings is 1. The molecule has 1 aromatic carbocycles. The Morgan fingerprint density at radius 3 is 2.59 bits per heavy atom. The van der Waals surface area contributed by atoms with E-state index in [9.17, 15) is 8.42 Å². The standard InChI is InChI=1S/C12H14N2O2S/c1-10-5-2-3-7-12(10)17(15,16)14-9-11-6-4-8-13-11/h2-8,13-14H,9H2,1H3. The summed E-state index contributed by atoms with van der Waals surface area (Å²) in [6.07, 6.45) is 1.76. The third kappa shape index (κ3) is 2.75. The number of aryl methyl sites for hydroxylation is 1. The zero-order valence-corrected chi connectivity index (χ0v) is 10.3. The quantitative estimate of drug-likeness (QED) is 0.869. The van der Waals surface area contributed by atoms with Gasteiger partial charge in [-0.25, -0.2) is 13.1 Å². The number of aromatic nitrogens is 1. The van der Waals surface area contributed by atoms with Gasteiger partial charge in [-0.05, 0) is 30.7 Å². The van der Waals surface area contributed by atoms with Crippen LogP contribution in [0, 0.1) is 6.92 Å². The molecule has 0 saturated carbocycles. The summed E-state index contributed by atoms with van der Waals surface area (Å²) >= 11 is 0. The summed E-state index contributed by atoms with van der Waals surface area (Å²) in [5, 5.41) is 0. The maximum Gasteiger partial charge on any atom is 0.241 e. The molecule has 0 atom stereocenters. The lowest BCUT2D eigenvalue weighted by molar-refractivity contribution is 0.580. The van der Waals surface area contributed by atoms with Gasteiger partial charge in [-0.2, -0.15) is 0 Å². The monoisotopic (exact) mass is 250 g/mol. The van der Waals surface area contributed by atoms with Crippen LogP contribution in [-0.2, 0) is 16.6 Å². The molecule has 1 aromatic heterocycles. The smallest absolute Gasteiger partial charge is 0.241 e. The van der Waals surface area contributed by atoms with E-state index in [1.807, 2.05) is 18.2 Å². The van der Waals surface area contributed by atoms with Crippen molar-refractivity contribution < 1.29 is 8.42 Å². The lowest BCUT2D eigenvalue weighted by Crippen LogP contribution is -2.24. The molecule has 17 heavy (non-hydrogen) atoms. The van der Waals surface area contributed by atoms with Gasteiger partial charge < -0.3 is 4.98 Å². The van der Waals surface area contributed by atoms with Gasteiger partial charge in [-0.15, -0.1) is 0 Å². The van der Waals surface area contributed by atoms with Crippen molar-refractivity contribution in [3.05, 3.63) is 53.9 Å². The second kappa shape index (κ2) is 4.73. The van der Waals surface area contributed by atoms with Gasteiger partial charge in [0.15, 0.2) is 0 Å². The van der Waals surface area contributed by atoms with E-state index in [-0.39, 0.29) is 6.54 Å². The first-order chi connectivity index (χ1) is 8.09. The minimum Gasteiger partial charge on any atom is -0.364 e. The summed E-state index contributed by atoms with van der Waals surface area (Å²) in [5.41, 5.74) is 1.58. The van der Waals surface area contributed by atoms with E-state index in [0.717, 1.165) is 11.3 Å². The topological polar surface area (TPSA) is 62.0 Å². The van der Waals surface area contributed by atoms with E-state index in [1.165, 1.54) is 0 Å². The summed E-state index contributed by atoms with van der Waals surface area (Å²) in [4.78, 5) is 3.27. The van der Waals surface area contributed by atoms with Gasteiger partial charge >= 0.3 is 0 Å². The van der Waals surface area contributed by atoms with Crippen LogP contribution in [0.2, 0.25) is 0 Å². The lowest BCUT2D eigenvalue weighted by Gasteiger charge is -2.08. The van der Waals surface area contributed by atoms with E-state index in [2.05, 4.69) is 9.71 Å². The van der Waals surface area contributed by atoms with E-state index >= 15 is 0 Å². The second-order valence-electron chi connectivity index (χ2n) is 3.79. The van der Waals surface area contributed by atoms with Crippen LogP contribution in [0.5, 0.6) is 0 Å². The van der Waals surface area contributed by atoms with Gasteiger partial charge in [0.2, 0.25) is 10.0 Å². The van der Waals surface area contributed by atoms with E-state index in [0.29, 0.717) is 4.90 Å².